The molecular weight excluding hydrogens is 162 g/mol. The minimum absolute atomic E-state index is 0.493. The summed E-state index contributed by atoms with van der Waals surface area (Å²) in [7, 11) is 0. The van der Waals surface area contributed by atoms with Crippen LogP contribution >= 0.6 is 0 Å². The van der Waals surface area contributed by atoms with Crippen LogP contribution < -0.4 is 5.32 Å². The Bertz CT molecular complexity index is 428. The predicted octanol–water partition coefficient (Wildman–Crippen LogP) is 1.60. The fraction of sp³-hybridized carbons (Fsp3) is 0.300. The number of para-hydroxylation sites is 1. The van der Waals surface area contributed by atoms with E-state index in [0.717, 1.165) is 12.1 Å². The molecule has 0 saturated carbocycles. The summed E-state index contributed by atoms with van der Waals surface area (Å²) in [4.78, 5) is 0. The molecule has 13 heavy (non-hydrogen) atoms. The maximum atomic E-state index is 4.26. The van der Waals surface area contributed by atoms with Crippen molar-refractivity contribution in [2.45, 2.75) is 12.5 Å². The van der Waals surface area contributed by atoms with Gasteiger partial charge in [0.1, 0.15) is 0 Å². The van der Waals surface area contributed by atoms with Gasteiger partial charge in [-0.05, 0) is 19.0 Å². The molecule has 0 amide bonds. The first-order chi connectivity index (χ1) is 6.45. The molecule has 0 spiro atoms. The van der Waals surface area contributed by atoms with Gasteiger partial charge in [-0.3, -0.25) is 5.10 Å². The zero-order valence-electron chi connectivity index (χ0n) is 7.25. The van der Waals surface area contributed by atoms with E-state index in [9.17, 15) is 0 Å². The van der Waals surface area contributed by atoms with Crippen LogP contribution in [0.15, 0.2) is 24.3 Å². The van der Waals surface area contributed by atoms with Crippen molar-refractivity contribution in [3.05, 3.63) is 30.0 Å². The van der Waals surface area contributed by atoms with E-state index >= 15 is 0 Å². The second-order valence-corrected chi connectivity index (χ2v) is 3.45. The van der Waals surface area contributed by atoms with E-state index in [1.54, 1.807) is 0 Å². The molecule has 0 bridgehead atoms. The Hall–Kier alpha value is -1.35. The van der Waals surface area contributed by atoms with Gasteiger partial charge in [0, 0.05) is 5.39 Å². The Morgan fingerprint density at radius 1 is 1.31 bits per heavy atom. The molecule has 1 saturated heterocycles. The van der Waals surface area contributed by atoms with Gasteiger partial charge in [-0.25, -0.2) is 0 Å². The van der Waals surface area contributed by atoms with Crippen molar-refractivity contribution in [1.82, 2.24) is 15.5 Å². The third kappa shape index (κ3) is 0.971. The van der Waals surface area contributed by atoms with E-state index in [1.165, 1.54) is 17.5 Å². The molecule has 3 heteroatoms. The number of hydrogen-bond donors (Lipinski definition) is 2. The van der Waals surface area contributed by atoms with Gasteiger partial charge in [0.15, 0.2) is 0 Å². The van der Waals surface area contributed by atoms with Crippen LogP contribution in [0.4, 0.5) is 0 Å². The van der Waals surface area contributed by atoms with Crippen LogP contribution in [-0.4, -0.2) is 16.7 Å². The van der Waals surface area contributed by atoms with E-state index in [2.05, 4.69) is 27.6 Å². The summed E-state index contributed by atoms with van der Waals surface area (Å²) in [6, 6.07) is 8.72. The topological polar surface area (TPSA) is 40.7 Å². The monoisotopic (exact) mass is 173 g/mol. The largest absolute Gasteiger partial charge is 0.309 e. The molecule has 1 unspecified atom stereocenters. The number of fused-ring (bicyclic) bond motifs is 1. The highest BCUT2D eigenvalue weighted by Crippen LogP contribution is 2.27. The lowest BCUT2D eigenvalue weighted by atomic mass is 10.0. The van der Waals surface area contributed by atoms with E-state index in [4.69, 9.17) is 0 Å². The van der Waals surface area contributed by atoms with Crippen LogP contribution in [0.2, 0.25) is 0 Å². The molecule has 2 heterocycles. The molecule has 1 aromatic heterocycles. The minimum Gasteiger partial charge on any atom is -0.309 e. The second kappa shape index (κ2) is 2.57. The standard InChI is InChI=1S/C10H11N3/c1-2-4-8-7(3-1)10(13-12-8)9-5-6-11-9/h1-4,9,11H,5-6H2,(H,12,13). The van der Waals surface area contributed by atoms with E-state index < -0.39 is 0 Å². The van der Waals surface area contributed by atoms with Crippen molar-refractivity contribution in [1.29, 1.82) is 0 Å². The van der Waals surface area contributed by atoms with Gasteiger partial charge in [-0.1, -0.05) is 18.2 Å². The van der Waals surface area contributed by atoms with E-state index in [0.29, 0.717) is 6.04 Å². The molecule has 0 radical (unpaired) electrons. The summed E-state index contributed by atoms with van der Waals surface area (Å²) in [5.74, 6) is 0. The van der Waals surface area contributed by atoms with Gasteiger partial charge < -0.3 is 5.32 Å². The maximum Gasteiger partial charge on any atom is 0.0924 e. The summed E-state index contributed by atoms with van der Waals surface area (Å²) in [5, 5.41) is 12.0. The van der Waals surface area contributed by atoms with Crippen molar-refractivity contribution < 1.29 is 0 Å². The first kappa shape index (κ1) is 7.09. The number of rotatable bonds is 1. The zero-order chi connectivity index (χ0) is 8.67. The average molecular weight is 173 g/mol. The van der Waals surface area contributed by atoms with Crippen LogP contribution in [0.5, 0.6) is 0 Å². The fourth-order valence-electron chi connectivity index (χ4n) is 1.78. The Labute approximate surface area is 76.1 Å². The fourth-order valence-corrected chi connectivity index (χ4v) is 1.78. The number of nitrogens with one attached hydrogen (secondary N) is 2. The molecule has 1 aromatic carbocycles. The summed E-state index contributed by atoms with van der Waals surface area (Å²) in [6.07, 6.45) is 1.21. The van der Waals surface area contributed by atoms with Gasteiger partial charge in [-0.15, -0.1) is 0 Å². The average Bonchev–Trinajstić information content (AvgIpc) is 2.47. The number of aromatic nitrogens is 2. The Kier molecular flexibility index (Phi) is 1.40. The highest BCUT2D eigenvalue weighted by Gasteiger charge is 2.21. The van der Waals surface area contributed by atoms with Crippen LogP contribution in [0.3, 0.4) is 0 Å². The van der Waals surface area contributed by atoms with E-state index in [1.807, 2.05) is 12.1 Å². The van der Waals surface area contributed by atoms with Crippen LogP contribution in [0.1, 0.15) is 18.2 Å². The summed E-state index contributed by atoms with van der Waals surface area (Å²) < 4.78 is 0. The predicted molar refractivity (Wildman–Crippen MR) is 51.5 cm³/mol. The van der Waals surface area contributed by atoms with Crippen molar-refractivity contribution in [2.24, 2.45) is 0 Å². The maximum absolute atomic E-state index is 4.26. The SMILES string of the molecule is c1ccc2c(C3CCN3)[nH]nc2c1. The first-order valence-corrected chi connectivity index (χ1v) is 4.61. The zero-order valence-corrected chi connectivity index (χ0v) is 7.25. The van der Waals surface area contributed by atoms with Crippen molar-refractivity contribution in [3.63, 3.8) is 0 Å². The Morgan fingerprint density at radius 2 is 2.15 bits per heavy atom. The minimum atomic E-state index is 0.493. The molecule has 2 N–H and O–H groups in total. The smallest absolute Gasteiger partial charge is 0.0924 e. The summed E-state index contributed by atoms with van der Waals surface area (Å²) >= 11 is 0. The molecular formula is C10H11N3. The van der Waals surface area contributed by atoms with Crippen molar-refractivity contribution >= 4 is 10.9 Å². The summed E-state index contributed by atoms with van der Waals surface area (Å²) in [5.41, 5.74) is 2.30. The van der Waals surface area contributed by atoms with Crippen molar-refractivity contribution in [3.8, 4) is 0 Å². The first-order valence-electron chi connectivity index (χ1n) is 4.61. The number of hydrogen-bond acceptors (Lipinski definition) is 2. The van der Waals surface area contributed by atoms with Gasteiger partial charge in [-0.2, -0.15) is 5.10 Å². The number of nitrogens with zero attached hydrogens (tertiary/aromatic N) is 1. The Morgan fingerprint density at radius 3 is 2.92 bits per heavy atom. The molecule has 1 aliphatic heterocycles. The van der Waals surface area contributed by atoms with Crippen LogP contribution in [0.25, 0.3) is 10.9 Å². The lowest BCUT2D eigenvalue weighted by molar-refractivity contribution is 0.377. The number of H-pyrrole nitrogens is 1. The quantitative estimate of drug-likeness (QED) is 0.687. The second-order valence-electron chi connectivity index (χ2n) is 3.45. The van der Waals surface area contributed by atoms with E-state index in [-0.39, 0.29) is 0 Å². The molecule has 1 fully saturated rings. The van der Waals surface area contributed by atoms with Gasteiger partial charge in [0.25, 0.3) is 0 Å². The lowest BCUT2D eigenvalue weighted by Gasteiger charge is -2.26. The molecule has 3 nitrogen and oxygen atoms in total. The third-order valence-electron chi connectivity index (χ3n) is 2.66. The lowest BCUT2D eigenvalue weighted by Crippen LogP contribution is -2.35. The van der Waals surface area contributed by atoms with Gasteiger partial charge in [0.2, 0.25) is 0 Å². The van der Waals surface area contributed by atoms with Crippen molar-refractivity contribution in [2.75, 3.05) is 6.54 Å². The highest BCUT2D eigenvalue weighted by molar-refractivity contribution is 5.81. The van der Waals surface area contributed by atoms with Gasteiger partial charge in [0.05, 0.1) is 17.3 Å². The highest BCUT2D eigenvalue weighted by atomic mass is 15.1. The molecule has 2 aromatic rings. The molecule has 1 atom stereocenters. The normalized spacial score (nSPS) is 21.7. The molecule has 0 aliphatic carbocycles. The molecule has 66 valence electrons. The summed E-state index contributed by atoms with van der Waals surface area (Å²) in [6.45, 7) is 1.12. The van der Waals surface area contributed by atoms with Crippen LogP contribution in [-0.2, 0) is 0 Å². The third-order valence-corrected chi connectivity index (χ3v) is 2.66. The number of benzene rings is 1. The van der Waals surface area contributed by atoms with Gasteiger partial charge >= 0.3 is 0 Å². The number of aromatic amines is 1. The molecule has 3 rings (SSSR count). The van der Waals surface area contributed by atoms with Crippen LogP contribution in [0, 0.1) is 0 Å². The Balaban J connectivity index is 2.17. The molecule has 1 aliphatic rings.